The molecule has 0 radical (unpaired) electrons. The number of fused-ring (bicyclic) bond motifs is 1. The monoisotopic (exact) mass is 1150 g/mol. The number of amides is 5. The van der Waals surface area contributed by atoms with Crippen LogP contribution in [0.5, 0.6) is 0 Å². The zero-order valence-electron chi connectivity index (χ0n) is 45.2. The summed E-state index contributed by atoms with van der Waals surface area (Å²) < 4.78 is 0. The molecule has 2 aliphatic rings. The van der Waals surface area contributed by atoms with Gasteiger partial charge >= 0.3 is 35.8 Å². The van der Waals surface area contributed by atoms with Crippen LogP contribution in [0, 0.1) is 0 Å². The molecular weight excluding hydrogens is 1080 g/mol. The molecule has 5 amide bonds. The Morgan fingerprint density at radius 3 is 1.68 bits per heavy atom. The number of benzene rings is 2. The fraction of sp³-hybridized carbons (Fsp3) is 0.509. The highest BCUT2D eigenvalue weighted by molar-refractivity contribution is 5.96. The Bertz CT molecular complexity index is 2670. The lowest BCUT2D eigenvalue weighted by Gasteiger charge is -2.33. The zero-order chi connectivity index (χ0) is 59.7. The van der Waals surface area contributed by atoms with Gasteiger partial charge in [-0.05, 0) is 55.0 Å². The predicted octanol–water partition coefficient (Wildman–Crippen LogP) is -1.73. The summed E-state index contributed by atoms with van der Waals surface area (Å²) in [6.45, 7) is -1.17. The predicted molar refractivity (Wildman–Crippen MR) is 289 cm³/mol. The lowest BCUT2D eigenvalue weighted by Crippen LogP contribution is -2.55. The minimum Gasteiger partial charge on any atom is -0.481 e. The number of carbonyl (C=O) groups is 11. The van der Waals surface area contributed by atoms with Crippen LogP contribution < -0.4 is 26.6 Å². The van der Waals surface area contributed by atoms with Crippen molar-refractivity contribution in [1.29, 1.82) is 0 Å². The molecule has 3 heterocycles. The number of H-pyrrole nitrogens is 1. The highest BCUT2D eigenvalue weighted by Crippen LogP contribution is 2.26. The molecule has 0 bridgehead atoms. The Morgan fingerprint density at radius 1 is 0.622 bits per heavy atom. The molecule has 4 unspecified atom stereocenters. The van der Waals surface area contributed by atoms with Gasteiger partial charge in [-0.3, -0.25) is 72.3 Å². The molecule has 0 aliphatic carbocycles. The number of anilines is 1. The number of hydrogen-bond donors (Lipinski definition) is 12. The number of nitrogens with one attached hydrogen (secondary N) is 6. The number of aromatic amines is 1. The maximum atomic E-state index is 13.9. The van der Waals surface area contributed by atoms with E-state index in [2.05, 4.69) is 36.6 Å². The van der Waals surface area contributed by atoms with Crippen molar-refractivity contribution in [3.63, 3.8) is 0 Å². The number of carboxylic acids is 6. The van der Waals surface area contributed by atoms with Crippen LogP contribution in [-0.2, 0) is 67.3 Å². The number of aromatic nitrogens is 2. The van der Waals surface area contributed by atoms with Gasteiger partial charge in [0.25, 0.3) is 5.91 Å². The van der Waals surface area contributed by atoms with Crippen LogP contribution in [0.3, 0.4) is 0 Å². The van der Waals surface area contributed by atoms with Gasteiger partial charge in [0, 0.05) is 121 Å². The molecule has 1 fully saturated rings. The number of carbonyl (C=O) groups excluding carboxylic acids is 5. The molecule has 446 valence electrons. The van der Waals surface area contributed by atoms with Crippen molar-refractivity contribution < 1.29 is 83.4 Å². The van der Waals surface area contributed by atoms with Crippen molar-refractivity contribution in [3.05, 3.63) is 83.4 Å². The minimum atomic E-state index is -1.57. The molecule has 12 N–H and O–H groups in total. The molecule has 29 nitrogen and oxygen atoms in total. The number of carboxylic acid groups (broad SMARTS) is 6. The summed E-state index contributed by atoms with van der Waals surface area (Å²) in [6, 6.07) is 9.67. The standard InChI is InChI=1S/C53H72N12O17/c66-43(30-61-17-19-62(31-47(73)74)21-23-64(33-49(77)78)24-22-63(20-18-61)32-48(75)76)59-40(10-12-45(69)70)52(81)60-39(9-11-44(67)68)51(80)56-13-4-16-65-29-36-26-35(7-8-38(36)58-41(53(65)82)28-46(71)72)50(79)57-37(27-42-54-14-15-55-42)25-34-5-2-1-3-6-34/h1-3,5-8,14-15,26,37,39-41,58H,4,9-13,16-25,27-33H2,(H,54,55)(H,56,80)(H,57,79)(H,59,66)(H,60,81)(H,67,68)(H,69,70)(H,71,72)(H,73,74)(H,75,76)(H,77,78). The van der Waals surface area contributed by atoms with Crippen molar-refractivity contribution in [2.45, 2.75) is 82.1 Å². The lowest BCUT2D eigenvalue weighted by molar-refractivity contribution is -0.141. The number of aliphatic carboxylic acids is 6. The van der Waals surface area contributed by atoms with E-state index in [0.29, 0.717) is 29.9 Å². The van der Waals surface area contributed by atoms with Crippen LogP contribution in [0.25, 0.3) is 0 Å². The van der Waals surface area contributed by atoms with Crippen molar-refractivity contribution >= 4 is 71.0 Å². The fourth-order valence-electron chi connectivity index (χ4n) is 9.42. The van der Waals surface area contributed by atoms with Gasteiger partial charge in [0.2, 0.25) is 23.6 Å². The quantitative estimate of drug-likeness (QED) is 0.0330. The van der Waals surface area contributed by atoms with Crippen molar-refractivity contribution in [3.8, 4) is 0 Å². The summed E-state index contributed by atoms with van der Waals surface area (Å²) in [4.78, 5) is 155. The average Bonchev–Trinajstić information content (AvgIpc) is 4.09. The number of nitrogens with zero attached hydrogens (tertiary/aromatic N) is 6. The fourth-order valence-corrected chi connectivity index (χ4v) is 9.42. The van der Waals surface area contributed by atoms with Crippen molar-refractivity contribution in [1.82, 2.24) is 55.7 Å². The third kappa shape index (κ3) is 22.9. The highest BCUT2D eigenvalue weighted by atomic mass is 16.4. The first-order chi connectivity index (χ1) is 39.1. The number of imidazole rings is 1. The molecule has 0 saturated carbocycles. The molecule has 4 atom stereocenters. The summed E-state index contributed by atoms with van der Waals surface area (Å²) in [7, 11) is 0. The van der Waals surface area contributed by atoms with Gasteiger partial charge in [-0.25, -0.2) is 4.98 Å². The van der Waals surface area contributed by atoms with Crippen molar-refractivity contribution in [2.75, 3.05) is 96.9 Å². The molecular formula is C53H72N12O17. The molecule has 2 aliphatic heterocycles. The van der Waals surface area contributed by atoms with Crippen molar-refractivity contribution in [2.24, 2.45) is 0 Å². The van der Waals surface area contributed by atoms with E-state index in [0.717, 1.165) is 5.56 Å². The summed E-state index contributed by atoms with van der Waals surface area (Å²) in [5, 5.41) is 71.1. The Morgan fingerprint density at radius 2 is 1.17 bits per heavy atom. The molecule has 5 rings (SSSR count). The lowest BCUT2D eigenvalue weighted by atomic mass is 10.0. The molecule has 1 aromatic heterocycles. The first-order valence-electron chi connectivity index (χ1n) is 26.7. The Labute approximate surface area is 471 Å². The van der Waals surface area contributed by atoms with Crippen LogP contribution in [0.15, 0.2) is 60.9 Å². The van der Waals surface area contributed by atoms with Gasteiger partial charge in [-0.1, -0.05) is 30.3 Å². The second-order valence-electron chi connectivity index (χ2n) is 20.0. The van der Waals surface area contributed by atoms with E-state index in [9.17, 15) is 83.4 Å². The first kappa shape index (κ1) is 64.3. The molecule has 0 spiro atoms. The summed E-state index contributed by atoms with van der Waals surface area (Å²) in [6.07, 6.45) is 1.54. The van der Waals surface area contributed by atoms with Gasteiger partial charge in [-0.15, -0.1) is 0 Å². The largest absolute Gasteiger partial charge is 0.481 e. The van der Waals surface area contributed by atoms with E-state index < -0.39 is 135 Å². The Hall–Kier alpha value is -8.54. The summed E-state index contributed by atoms with van der Waals surface area (Å²) >= 11 is 0. The Balaban J connectivity index is 1.25. The molecule has 1 saturated heterocycles. The summed E-state index contributed by atoms with van der Waals surface area (Å²) in [5.41, 5.74) is 2.18. The maximum Gasteiger partial charge on any atom is 0.317 e. The normalized spacial score (nSPS) is 17.0. The van der Waals surface area contributed by atoms with E-state index >= 15 is 0 Å². The minimum absolute atomic E-state index is 0.0396. The van der Waals surface area contributed by atoms with E-state index in [1.807, 2.05) is 30.3 Å². The Kier molecular flexibility index (Phi) is 25.6. The maximum absolute atomic E-state index is 13.9. The van der Waals surface area contributed by atoms with Crippen LogP contribution in [0.1, 0.15) is 65.8 Å². The van der Waals surface area contributed by atoms with Crippen LogP contribution in [-0.4, -0.2) is 246 Å². The van der Waals surface area contributed by atoms with E-state index in [-0.39, 0.29) is 96.6 Å². The van der Waals surface area contributed by atoms with Gasteiger partial charge < -0.3 is 67.1 Å². The second kappa shape index (κ2) is 32.6. The molecule has 82 heavy (non-hydrogen) atoms. The molecule has 29 heteroatoms. The SMILES string of the molecule is O=C(O)CCC(NC(=O)CN1CCN(CC(=O)O)CCN(CC(=O)O)CCN(CC(=O)O)CC1)C(=O)NC(CCC(=O)O)C(=O)NCCCN1Cc2cc(C(=O)NC(Cc3ccccc3)Cc3ncc[nH]3)ccc2NC(CC(=O)O)C1=O. The van der Waals surface area contributed by atoms with Gasteiger partial charge in [0.05, 0.1) is 32.6 Å². The summed E-state index contributed by atoms with van der Waals surface area (Å²) in [5.74, 6) is -10.4. The topological polar surface area (TPSA) is 414 Å². The highest BCUT2D eigenvalue weighted by Gasteiger charge is 2.33. The van der Waals surface area contributed by atoms with E-state index in [1.54, 1.807) is 50.2 Å². The van der Waals surface area contributed by atoms with Gasteiger partial charge in [0.15, 0.2) is 0 Å². The second-order valence-corrected chi connectivity index (χ2v) is 20.0. The zero-order valence-corrected chi connectivity index (χ0v) is 45.2. The molecule has 3 aromatic rings. The van der Waals surface area contributed by atoms with Crippen LogP contribution in [0.2, 0.25) is 0 Å². The van der Waals surface area contributed by atoms with Gasteiger partial charge in [-0.2, -0.15) is 0 Å². The average molecular weight is 1150 g/mol. The molecule has 2 aromatic carbocycles. The van der Waals surface area contributed by atoms with Crippen LogP contribution in [0.4, 0.5) is 5.69 Å². The first-order valence-corrected chi connectivity index (χ1v) is 26.7. The van der Waals surface area contributed by atoms with Crippen LogP contribution >= 0.6 is 0 Å². The van der Waals surface area contributed by atoms with E-state index in [4.69, 9.17) is 0 Å². The van der Waals surface area contributed by atoms with Gasteiger partial charge in [0.1, 0.15) is 23.9 Å². The number of rotatable bonds is 30. The van der Waals surface area contributed by atoms with E-state index in [1.165, 1.54) is 4.90 Å². The third-order valence-corrected chi connectivity index (χ3v) is 13.6. The third-order valence-electron chi connectivity index (χ3n) is 13.6. The smallest absolute Gasteiger partial charge is 0.317 e. The number of hydrogen-bond acceptors (Lipinski definition) is 17.